The molecule has 0 aliphatic rings. The smallest absolute Gasteiger partial charge is 0.340 e. The van der Waals surface area contributed by atoms with Crippen molar-refractivity contribution in [3.63, 3.8) is 0 Å². The Morgan fingerprint density at radius 2 is 1.84 bits per heavy atom. The first-order valence-electron chi connectivity index (χ1n) is 8.10. The Kier molecular flexibility index (Phi) is 6.31. The molecule has 1 aromatic carbocycles. The molecule has 25 heavy (non-hydrogen) atoms. The van der Waals surface area contributed by atoms with Crippen molar-refractivity contribution in [3.8, 4) is 5.75 Å². The quantitative estimate of drug-likeness (QED) is 0.455. The van der Waals surface area contributed by atoms with Crippen LogP contribution in [0.15, 0.2) is 29.2 Å². The first-order chi connectivity index (χ1) is 11.9. The fourth-order valence-corrected chi connectivity index (χ4v) is 3.55. The Morgan fingerprint density at radius 3 is 2.40 bits per heavy atom. The van der Waals surface area contributed by atoms with Gasteiger partial charge < -0.3 is 14.5 Å². The van der Waals surface area contributed by atoms with Crippen LogP contribution in [0.5, 0.6) is 5.75 Å². The Labute approximate surface area is 152 Å². The number of hydrogen-bond donors (Lipinski definition) is 1. The summed E-state index contributed by atoms with van der Waals surface area (Å²) >= 11 is 1.47. The molecule has 1 aromatic heterocycles. The van der Waals surface area contributed by atoms with Crippen LogP contribution < -0.4 is 4.74 Å². The third-order valence-electron chi connectivity index (χ3n) is 3.90. The van der Waals surface area contributed by atoms with Crippen LogP contribution in [-0.4, -0.2) is 35.7 Å². The summed E-state index contributed by atoms with van der Waals surface area (Å²) in [4.78, 5) is 28.9. The topological polar surface area (TPSA) is 68.4 Å². The van der Waals surface area contributed by atoms with Gasteiger partial charge in [-0.3, -0.25) is 4.79 Å². The molecule has 0 aliphatic carbocycles. The highest BCUT2D eigenvalue weighted by atomic mass is 32.2. The van der Waals surface area contributed by atoms with Gasteiger partial charge in [0.2, 0.25) is 0 Å². The normalized spacial score (nSPS) is 11.9. The van der Waals surface area contributed by atoms with Crippen LogP contribution in [0.1, 0.15) is 46.0 Å². The Bertz CT molecular complexity index is 764. The lowest BCUT2D eigenvalue weighted by atomic mass is 10.1. The summed E-state index contributed by atoms with van der Waals surface area (Å²) in [6, 6.07) is 7.57. The van der Waals surface area contributed by atoms with E-state index in [2.05, 4.69) is 4.98 Å². The maximum atomic E-state index is 12.8. The van der Waals surface area contributed by atoms with Gasteiger partial charge in [-0.05, 0) is 57.5 Å². The van der Waals surface area contributed by atoms with Crippen LogP contribution in [0.25, 0.3) is 0 Å². The molecule has 0 amide bonds. The van der Waals surface area contributed by atoms with Crippen molar-refractivity contribution in [1.82, 2.24) is 4.98 Å². The zero-order valence-electron chi connectivity index (χ0n) is 15.1. The maximum absolute atomic E-state index is 12.8. The molecule has 0 aliphatic heterocycles. The molecular weight excluding hydrogens is 338 g/mol. The number of H-pyrrole nitrogens is 1. The number of ether oxygens (including phenoxy) is 2. The summed E-state index contributed by atoms with van der Waals surface area (Å²) in [5, 5.41) is -0.291. The molecule has 0 saturated heterocycles. The fraction of sp³-hybridized carbons (Fsp3) is 0.368. The number of carbonyl (C=O) groups is 2. The molecule has 0 bridgehead atoms. The largest absolute Gasteiger partial charge is 0.497 e. The number of methoxy groups -OCH3 is 1. The van der Waals surface area contributed by atoms with Gasteiger partial charge in [0, 0.05) is 10.6 Å². The van der Waals surface area contributed by atoms with E-state index in [1.165, 1.54) is 11.8 Å². The Balaban J connectivity index is 2.18. The third kappa shape index (κ3) is 4.25. The molecule has 1 atom stereocenters. The zero-order valence-corrected chi connectivity index (χ0v) is 16.0. The van der Waals surface area contributed by atoms with Gasteiger partial charge in [-0.25, -0.2) is 4.79 Å². The van der Waals surface area contributed by atoms with Crippen LogP contribution >= 0.6 is 11.8 Å². The number of thioether (sulfide) groups is 1. The van der Waals surface area contributed by atoms with E-state index < -0.39 is 5.97 Å². The van der Waals surface area contributed by atoms with E-state index in [1.807, 2.05) is 31.2 Å². The third-order valence-corrected chi connectivity index (χ3v) is 5.02. The van der Waals surface area contributed by atoms with Crippen LogP contribution in [0.3, 0.4) is 0 Å². The maximum Gasteiger partial charge on any atom is 0.340 e. The van der Waals surface area contributed by atoms with E-state index in [0.717, 1.165) is 10.6 Å². The number of carbonyl (C=O) groups excluding carboxylic acids is 2. The summed E-state index contributed by atoms with van der Waals surface area (Å²) in [6.45, 7) is 7.46. The molecule has 1 heterocycles. The van der Waals surface area contributed by atoms with Crippen molar-refractivity contribution in [1.29, 1.82) is 0 Å². The van der Waals surface area contributed by atoms with E-state index in [4.69, 9.17) is 9.47 Å². The summed E-state index contributed by atoms with van der Waals surface area (Å²) < 4.78 is 10.2. The van der Waals surface area contributed by atoms with Gasteiger partial charge in [-0.2, -0.15) is 0 Å². The predicted octanol–water partition coefficient (Wildman–Crippen LogP) is 4.18. The summed E-state index contributed by atoms with van der Waals surface area (Å²) in [7, 11) is 1.62. The average molecular weight is 361 g/mol. The second kappa shape index (κ2) is 8.25. The Morgan fingerprint density at radius 1 is 1.20 bits per heavy atom. The second-order valence-corrected chi connectivity index (χ2v) is 7.06. The van der Waals surface area contributed by atoms with Gasteiger partial charge in [0.05, 0.1) is 30.2 Å². The van der Waals surface area contributed by atoms with Crippen molar-refractivity contribution < 1.29 is 19.1 Å². The molecule has 1 unspecified atom stereocenters. The van der Waals surface area contributed by atoms with Crippen LogP contribution in [-0.2, 0) is 4.74 Å². The second-order valence-electron chi connectivity index (χ2n) is 5.65. The van der Waals surface area contributed by atoms with E-state index in [1.54, 1.807) is 27.9 Å². The zero-order chi connectivity index (χ0) is 18.6. The molecule has 0 fully saturated rings. The first-order valence-corrected chi connectivity index (χ1v) is 8.98. The number of aryl methyl sites for hydroxylation is 1. The lowest BCUT2D eigenvalue weighted by Crippen LogP contribution is -2.15. The highest BCUT2D eigenvalue weighted by molar-refractivity contribution is 8.00. The molecule has 5 nitrogen and oxygen atoms in total. The molecule has 2 aromatic rings. The number of ketones is 1. The minimum atomic E-state index is -0.400. The van der Waals surface area contributed by atoms with Crippen molar-refractivity contribution in [2.75, 3.05) is 13.7 Å². The summed E-state index contributed by atoms with van der Waals surface area (Å²) in [6.07, 6.45) is 0. The van der Waals surface area contributed by atoms with Crippen LogP contribution in [0.4, 0.5) is 0 Å². The highest BCUT2D eigenvalue weighted by Gasteiger charge is 2.26. The van der Waals surface area contributed by atoms with E-state index >= 15 is 0 Å². The lowest BCUT2D eigenvalue weighted by molar-refractivity contribution is 0.0525. The average Bonchev–Trinajstić information content (AvgIpc) is 2.89. The van der Waals surface area contributed by atoms with Crippen LogP contribution in [0, 0.1) is 13.8 Å². The first kappa shape index (κ1) is 19.1. The van der Waals surface area contributed by atoms with Gasteiger partial charge >= 0.3 is 5.97 Å². The van der Waals surface area contributed by atoms with Crippen molar-refractivity contribution in [2.45, 2.75) is 37.8 Å². The number of rotatable bonds is 7. The van der Waals surface area contributed by atoms with E-state index in [9.17, 15) is 9.59 Å². The molecule has 0 saturated carbocycles. The van der Waals surface area contributed by atoms with Crippen LogP contribution in [0.2, 0.25) is 0 Å². The molecule has 134 valence electrons. The summed E-state index contributed by atoms with van der Waals surface area (Å²) in [5.41, 5.74) is 2.21. The predicted molar refractivity (Wildman–Crippen MR) is 98.9 cm³/mol. The molecule has 1 N–H and O–H groups in total. The van der Waals surface area contributed by atoms with E-state index in [-0.39, 0.29) is 11.0 Å². The van der Waals surface area contributed by atoms with Crippen molar-refractivity contribution >= 4 is 23.5 Å². The number of aromatic amines is 1. The lowest BCUT2D eigenvalue weighted by Gasteiger charge is -2.11. The number of hydrogen-bond acceptors (Lipinski definition) is 5. The highest BCUT2D eigenvalue weighted by Crippen LogP contribution is 2.29. The monoisotopic (exact) mass is 361 g/mol. The van der Waals surface area contributed by atoms with Gasteiger partial charge in [-0.15, -0.1) is 11.8 Å². The molecular formula is C19H23NO4S. The van der Waals surface area contributed by atoms with Crippen molar-refractivity contribution in [3.05, 3.63) is 46.8 Å². The Hall–Kier alpha value is -2.21. The van der Waals surface area contributed by atoms with Gasteiger partial charge in [0.15, 0.2) is 5.78 Å². The fourth-order valence-electron chi connectivity index (χ4n) is 2.62. The molecule has 6 heteroatoms. The van der Waals surface area contributed by atoms with Gasteiger partial charge in [0.25, 0.3) is 0 Å². The van der Waals surface area contributed by atoms with Crippen molar-refractivity contribution in [2.24, 2.45) is 0 Å². The molecule has 0 spiro atoms. The number of aromatic nitrogens is 1. The number of Topliss-reactive ketones (excluding diaryl/α,β-unsaturated/α-hetero) is 1. The molecule has 0 radical (unpaired) electrons. The van der Waals surface area contributed by atoms with E-state index in [0.29, 0.717) is 29.1 Å². The van der Waals surface area contributed by atoms with Gasteiger partial charge in [-0.1, -0.05) is 0 Å². The number of benzene rings is 1. The molecule has 2 rings (SSSR count). The standard InChI is InChI=1S/C19H23NO4S/c1-6-24-19(22)16-11(2)17(20-12(16)3)18(21)13(4)25-15-9-7-14(23-5)8-10-15/h7-10,13,20H,6H2,1-5H3. The summed E-state index contributed by atoms with van der Waals surface area (Å²) in [5.74, 6) is 0.332. The van der Waals surface area contributed by atoms with Gasteiger partial charge in [0.1, 0.15) is 5.75 Å². The number of nitrogens with one attached hydrogen (secondary N) is 1. The minimum absolute atomic E-state index is 0.0445. The minimum Gasteiger partial charge on any atom is -0.497 e. The number of esters is 1. The SMILES string of the molecule is CCOC(=O)c1c(C)[nH]c(C(=O)C(C)Sc2ccc(OC)cc2)c1C.